The topological polar surface area (TPSA) is 80.8 Å². The molecule has 11 heteroatoms. The van der Waals surface area contributed by atoms with Gasteiger partial charge in [-0.2, -0.15) is 0 Å². The number of ether oxygens (including phenoxy) is 4. The molecule has 0 N–H and O–H groups in total. The summed E-state index contributed by atoms with van der Waals surface area (Å²) in [6.45, 7) is 7.37. The molecule has 3 fully saturated rings. The van der Waals surface area contributed by atoms with Crippen LogP contribution in [0.25, 0.3) is 0 Å². The summed E-state index contributed by atoms with van der Waals surface area (Å²) in [7, 11) is 4.63. The van der Waals surface area contributed by atoms with Crippen LogP contribution in [0.5, 0.6) is 17.2 Å². The largest absolute Gasteiger partial charge is 0.493 e. The van der Waals surface area contributed by atoms with Gasteiger partial charge in [-0.3, -0.25) is 9.59 Å². The minimum Gasteiger partial charge on any atom is -0.493 e. The molecule has 9 nitrogen and oxygen atoms in total. The van der Waals surface area contributed by atoms with Crippen molar-refractivity contribution in [1.29, 1.82) is 0 Å². The Morgan fingerprint density at radius 1 is 0.820 bits per heavy atom. The normalized spacial score (nSPS) is 22.3. The van der Waals surface area contributed by atoms with E-state index in [4.69, 9.17) is 42.1 Å². The van der Waals surface area contributed by atoms with E-state index in [0.717, 1.165) is 56.4 Å². The van der Waals surface area contributed by atoms with Crippen molar-refractivity contribution in [3.05, 3.63) is 87.4 Å². The minimum atomic E-state index is -0.562. The van der Waals surface area contributed by atoms with Crippen molar-refractivity contribution in [2.24, 2.45) is 0 Å². The second-order valence-corrected chi connectivity index (χ2v) is 14.6. The number of piperidine rings is 1. The summed E-state index contributed by atoms with van der Waals surface area (Å²) in [5.41, 5.74) is 1.73. The Labute approximate surface area is 305 Å². The molecule has 1 unspecified atom stereocenters. The standard InChI is InChI=1S/C39H47Cl2N3O6/c1-27-25-43(20-21-50-27)37(46)39(29-8-6-5-7-9-29)14-17-42(18-15-39)16-12-38(30-10-11-31(40)32(41)24-30)13-19-44(26-38)36(45)28-22-33(47-2)35(49-4)34(23-28)48-3/h5-11,22-24,27H,12-21,25-26H2,1-4H3/t27?,38-/m0/s1. The van der Waals surface area contributed by atoms with Crippen LogP contribution in [0, 0.1) is 0 Å². The highest BCUT2D eigenvalue weighted by Gasteiger charge is 2.47. The molecule has 0 bridgehead atoms. The van der Waals surface area contributed by atoms with Crippen molar-refractivity contribution in [3.8, 4) is 17.2 Å². The lowest BCUT2D eigenvalue weighted by Crippen LogP contribution is -2.56. The Morgan fingerprint density at radius 2 is 1.52 bits per heavy atom. The zero-order valence-corrected chi connectivity index (χ0v) is 30.9. The van der Waals surface area contributed by atoms with Crippen LogP contribution < -0.4 is 14.2 Å². The van der Waals surface area contributed by atoms with Crippen LogP contribution in [0.1, 0.15) is 54.1 Å². The van der Waals surface area contributed by atoms with Gasteiger partial charge in [-0.25, -0.2) is 0 Å². The first-order valence-corrected chi connectivity index (χ1v) is 18.1. The van der Waals surface area contributed by atoms with Crippen molar-refractivity contribution in [2.75, 3.05) is 73.7 Å². The maximum atomic E-state index is 14.3. The summed E-state index contributed by atoms with van der Waals surface area (Å²) in [6, 6.07) is 19.5. The number of carbonyl (C=O) groups is 2. The van der Waals surface area contributed by atoms with Crippen LogP contribution in [0.4, 0.5) is 0 Å². The fourth-order valence-electron chi connectivity index (χ4n) is 8.06. The molecule has 3 aromatic carbocycles. The smallest absolute Gasteiger partial charge is 0.254 e. The van der Waals surface area contributed by atoms with Gasteiger partial charge in [-0.15, -0.1) is 0 Å². The second-order valence-electron chi connectivity index (χ2n) is 13.8. The SMILES string of the molecule is COc1cc(C(=O)N2CC[C@](CCN3CCC(C(=O)N4CCOC(C)C4)(c4ccccc4)CC3)(c3ccc(Cl)c(Cl)c3)C2)cc(OC)c1OC. The van der Waals surface area contributed by atoms with Crippen LogP contribution in [0.3, 0.4) is 0 Å². The molecule has 3 heterocycles. The maximum absolute atomic E-state index is 14.3. The molecule has 3 saturated heterocycles. The summed E-state index contributed by atoms with van der Waals surface area (Å²) in [5.74, 6) is 1.42. The van der Waals surface area contributed by atoms with E-state index in [9.17, 15) is 9.59 Å². The monoisotopic (exact) mass is 723 g/mol. The Balaban J connectivity index is 1.21. The first-order valence-electron chi connectivity index (χ1n) is 17.4. The number of nitrogens with zero attached hydrogens (tertiary/aromatic N) is 3. The van der Waals surface area contributed by atoms with Gasteiger partial charge < -0.3 is 33.6 Å². The lowest BCUT2D eigenvalue weighted by molar-refractivity contribution is -0.146. The van der Waals surface area contributed by atoms with E-state index in [0.29, 0.717) is 65.6 Å². The van der Waals surface area contributed by atoms with Gasteiger partial charge in [0.15, 0.2) is 11.5 Å². The first-order chi connectivity index (χ1) is 24.1. The third kappa shape index (κ3) is 7.15. The number of hydrogen-bond donors (Lipinski definition) is 0. The molecule has 0 radical (unpaired) electrons. The van der Waals surface area contributed by atoms with E-state index in [1.807, 2.05) is 53.1 Å². The van der Waals surface area contributed by atoms with Gasteiger partial charge in [-0.1, -0.05) is 59.6 Å². The molecule has 0 saturated carbocycles. The average molecular weight is 725 g/mol. The molecule has 6 rings (SSSR count). The molecule has 0 aromatic heterocycles. The number of hydrogen-bond acceptors (Lipinski definition) is 7. The summed E-state index contributed by atoms with van der Waals surface area (Å²) >= 11 is 12.9. The summed E-state index contributed by atoms with van der Waals surface area (Å²) in [4.78, 5) is 34.7. The third-order valence-electron chi connectivity index (χ3n) is 11.0. The Hall–Kier alpha value is -3.50. The molecule has 3 aliphatic rings. The Kier molecular flexibility index (Phi) is 11.2. The second kappa shape index (κ2) is 15.4. The van der Waals surface area contributed by atoms with E-state index in [1.54, 1.807) is 33.5 Å². The molecule has 268 valence electrons. The zero-order valence-electron chi connectivity index (χ0n) is 29.4. The highest BCUT2D eigenvalue weighted by Crippen LogP contribution is 2.44. The Bertz CT molecular complexity index is 1660. The molecular weight excluding hydrogens is 677 g/mol. The van der Waals surface area contributed by atoms with E-state index in [1.165, 1.54) is 0 Å². The molecule has 3 aromatic rings. The van der Waals surface area contributed by atoms with E-state index < -0.39 is 5.41 Å². The van der Waals surface area contributed by atoms with Crippen LogP contribution in [0.2, 0.25) is 10.0 Å². The van der Waals surface area contributed by atoms with Crippen LogP contribution >= 0.6 is 23.2 Å². The number of amides is 2. The van der Waals surface area contributed by atoms with E-state index in [2.05, 4.69) is 17.0 Å². The molecule has 0 spiro atoms. The zero-order chi connectivity index (χ0) is 35.5. The van der Waals surface area contributed by atoms with Gasteiger partial charge in [0.1, 0.15) is 0 Å². The van der Waals surface area contributed by atoms with Gasteiger partial charge in [0.25, 0.3) is 5.91 Å². The average Bonchev–Trinajstić information content (AvgIpc) is 3.60. The summed E-state index contributed by atoms with van der Waals surface area (Å²) in [6.07, 6.45) is 3.11. The van der Waals surface area contributed by atoms with Gasteiger partial charge in [0.2, 0.25) is 11.7 Å². The quantitative estimate of drug-likeness (QED) is 0.237. The Morgan fingerprint density at radius 3 is 2.14 bits per heavy atom. The van der Waals surface area contributed by atoms with Crippen LogP contribution in [0.15, 0.2) is 60.7 Å². The van der Waals surface area contributed by atoms with E-state index >= 15 is 0 Å². The fraction of sp³-hybridized carbons (Fsp3) is 0.487. The fourth-order valence-corrected chi connectivity index (χ4v) is 8.36. The molecule has 0 aliphatic carbocycles. The number of benzene rings is 3. The van der Waals surface area contributed by atoms with Crippen molar-refractivity contribution in [3.63, 3.8) is 0 Å². The molecule has 2 atom stereocenters. The number of carbonyl (C=O) groups excluding carboxylic acids is 2. The van der Waals surface area contributed by atoms with Gasteiger partial charge in [0.05, 0.1) is 49.5 Å². The van der Waals surface area contributed by atoms with Crippen molar-refractivity contribution in [2.45, 2.75) is 49.5 Å². The number of morpholine rings is 1. The highest BCUT2D eigenvalue weighted by molar-refractivity contribution is 6.42. The summed E-state index contributed by atoms with van der Waals surface area (Å²) < 4.78 is 22.3. The molecular formula is C39H47Cl2N3O6. The van der Waals surface area contributed by atoms with Crippen molar-refractivity contribution >= 4 is 35.0 Å². The van der Waals surface area contributed by atoms with Gasteiger partial charge in [0, 0.05) is 37.2 Å². The number of rotatable bonds is 10. The third-order valence-corrected chi connectivity index (χ3v) is 11.7. The summed E-state index contributed by atoms with van der Waals surface area (Å²) in [5, 5.41) is 1.00. The molecule has 3 aliphatic heterocycles. The highest BCUT2D eigenvalue weighted by atomic mass is 35.5. The van der Waals surface area contributed by atoms with E-state index in [-0.39, 0.29) is 23.3 Å². The van der Waals surface area contributed by atoms with Crippen molar-refractivity contribution in [1.82, 2.24) is 14.7 Å². The first kappa shape index (κ1) is 36.3. The number of halogens is 2. The van der Waals surface area contributed by atoms with Gasteiger partial charge >= 0.3 is 0 Å². The van der Waals surface area contributed by atoms with Crippen LogP contribution in [-0.2, 0) is 20.4 Å². The van der Waals surface area contributed by atoms with Crippen LogP contribution in [-0.4, -0.2) is 106 Å². The number of likely N-dealkylation sites (tertiary alicyclic amines) is 2. The lowest BCUT2D eigenvalue weighted by Gasteiger charge is -2.45. The maximum Gasteiger partial charge on any atom is 0.254 e. The molecule has 2 amide bonds. The predicted octanol–water partition coefficient (Wildman–Crippen LogP) is 6.47. The van der Waals surface area contributed by atoms with Gasteiger partial charge in [-0.05, 0) is 87.6 Å². The van der Waals surface area contributed by atoms with Crippen molar-refractivity contribution < 1.29 is 28.5 Å². The number of methoxy groups -OCH3 is 3. The lowest BCUT2D eigenvalue weighted by atomic mass is 9.71. The minimum absolute atomic E-state index is 0.0322. The predicted molar refractivity (Wildman–Crippen MR) is 195 cm³/mol. The molecule has 50 heavy (non-hydrogen) atoms.